The molecule has 1 aliphatic rings. The molecular formula is C15H23NO. The summed E-state index contributed by atoms with van der Waals surface area (Å²) in [5.74, 6) is 0. The standard InChI is InChI=1S/C15H23NO/c1-15(10-6-12-17-13-15)16-11-5-9-14-7-3-2-4-8-14/h2-4,7-8,16H,5-6,9-13H2,1H3. The van der Waals surface area contributed by atoms with Gasteiger partial charge in [-0.05, 0) is 44.7 Å². The van der Waals surface area contributed by atoms with E-state index in [0.29, 0.717) is 0 Å². The fourth-order valence-corrected chi connectivity index (χ4v) is 2.40. The Labute approximate surface area is 104 Å². The quantitative estimate of drug-likeness (QED) is 0.790. The van der Waals surface area contributed by atoms with Crippen molar-refractivity contribution in [2.24, 2.45) is 0 Å². The summed E-state index contributed by atoms with van der Waals surface area (Å²) in [6, 6.07) is 10.7. The first-order chi connectivity index (χ1) is 8.29. The normalized spacial score (nSPS) is 24.8. The third-order valence-corrected chi connectivity index (χ3v) is 3.47. The lowest BCUT2D eigenvalue weighted by atomic mass is 9.94. The summed E-state index contributed by atoms with van der Waals surface area (Å²) in [6.45, 7) is 5.14. The van der Waals surface area contributed by atoms with Gasteiger partial charge in [-0.15, -0.1) is 0 Å². The number of benzene rings is 1. The third kappa shape index (κ3) is 4.14. The first kappa shape index (κ1) is 12.6. The minimum atomic E-state index is 0.203. The van der Waals surface area contributed by atoms with Gasteiger partial charge in [0.05, 0.1) is 6.61 Å². The van der Waals surface area contributed by atoms with E-state index in [9.17, 15) is 0 Å². The summed E-state index contributed by atoms with van der Waals surface area (Å²) < 4.78 is 5.54. The van der Waals surface area contributed by atoms with Crippen molar-refractivity contribution in [3.05, 3.63) is 35.9 Å². The Hall–Kier alpha value is -0.860. The van der Waals surface area contributed by atoms with Crippen molar-refractivity contribution >= 4 is 0 Å². The highest BCUT2D eigenvalue weighted by Crippen LogP contribution is 2.18. The first-order valence-corrected chi connectivity index (χ1v) is 6.65. The second-order valence-electron chi connectivity index (χ2n) is 5.23. The minimum Gasteiger partial charge on any atom is -0.380 e. The third-order valence-electron chi connectivity index (χ3n) is 3.47. The molecule has 0 aliphatic carbocycles. The summed E-state index contributed by atoms with van der Waals surface area (Å²) in [6.07, 6.45) is 4.77. The lowest BCUT2D eigenvalue weighted by molar-refractivity contribution is 0.0287. The van der Waals surface area contributed by atoms with E-state index in [1.807, 2.05) is 0 Å². The van der Waals surface area contributed by atoms with Crippen LogP contribution in [0.2, 0.25) is 0 Å². The summed E-state index contributed by atoms with van der Waals surface area (Å²) in [7, 11) is 0. The van der Waals surface area contributed by atoms with Crippen LogP contribution in [0.3, 0.4) is 0 Å². The van der Waals surface area contributed by atoms with Gasteiger partial charge in [0, 0.05) is 12.1 Å². The van der Waals surface area contributed by atoms with Gasteiger partial charge in [0.1, 0.15) is 0 Å². The maximum absolute atomic E-state index is 5.54. The van der Waals surface area contributed by atoms with Crippen LogP contribution >= 0.6 is 0 Å². The van der Waals surface area contributed by atoms with Gasteiger partial charge in [-0.3, -0.25) is 0 Å². The second kappa shape index (κ2) is 6.18. The molecule has 94 valence electrons. The Bertz CT molecular complexity index is 317. The fourth-order valence-electron chi connectivity index (χ4n) is 2.40. The molecule has 1 atom stereocenters. The van der Waals surface area contributed by atoms with E-state index in [-0.39, 0.29) is 5.54 Å². The van der Waals surface area contributed by atoms with Crippen LogP contribution in [0.25, 0.3) is 0 Å². The highest BCUT2D eigenvalue weighted by Gasteiger charge is 2.26. The highest BCUT2D eigenvalue weighted by molar-refractivity contribution is 5.14. The molecule has 1 aromatic rings. The molecule has 1 N–H and O–H groups in total. The monoisotopic (exact) mass is 233 g/mol. The van der Waals surface area contributed by atoms with E-state index >= 15 is 0 Å². The zero-order chi connectivity index (χ0) is 12.0. The van der Waals surface area contributed by atoms with Crippen LogP contribution in [0.5, 0.6) is 0 Å². The molecule has 2 heteroatoms. The van der Waals surface area contributed by atoms with E-state index in [1.165, 1.54) is 24.8 Å². The summed E-state index contributed by atoms with van der Waals surface area (Å²) >= 11 is 0. The van der Waals surface area contributed by atoms with Gasteiger partial charge in [0.15, 0.2) is 0 Å². The number of hydrogen-bond donors (Lipinski definition) is 1. The van der Waals surface area contributed by atoms with Gasteiger partial charge >= 0.3 is 0 Å². The van der Waals surface area contributed by atoms with Crippen LogP contribution in [0.15, 0.2) is 30.3 Å². The molecule has 1 saturated heterocycles. The number of ether oxygens (including phenoxy) is 1. The molecule has 1 unspecified atom stereocenters. The van der Waals surface area contributed by atoms with Crippen molar-refractivity contribution in [3.8, 4) is 0 Å². The van der Waals surface area contributed by atoms with Crippen molar-refractivity contribution in [2.45, 2.75) is 38.1 Å². The fraction of sp³-hybridized carbons (Fsp3) is 0.600. The Kier molecular flexibility index (Phi) is 4.57. The van der Waals surface area contributed by atoms with E-state index < -0.39 is 0 Å². The zero-order valence-corrected chi connectivity index (χ0v) is 10.7. The summed E-state index contributed by atoms with van der Waals surface area (Å²) in [5.41, 5.74) is 1.63. The molecule has 2 rings (SSSR count). The predicted octanol–water partition coefficient (Wildman–Crippen LogP) is 2.78. The minimum absolute atomic E-state index is 0.203. The average Bonchev–Trinajstić information content (AvgIpc) is 2.37. The first-order valence-electron chi connectivity index (χ1n) is 6.65. The van der Waals surface area contributed by atoms with E-state index in [4.69, 9.17) is 4.74 Å². The molecular weight excluding hydrogens is 210 g/mol. The molecule has 17 heavy (non-hydrogen) atoms. The number of rotatable bonds is 5. The smallest absolute Gasteiger partial charge is 0.0645 e. The molecule has 1 aliphatic heterocycles. The molecule has 0 aromatic heterocycles. The van der Waals surface area contributed by atoms with Crippen molar-refractivity contribution in [1.82, 2.24) is 5.32 Å². The lowest BCUT2D eigenvalue weighted by Gasteiger charge is -2.34. The van der Waals surface area contributed by atoms with Crippen molar-refractivity contribution in [1.29, 1.82) is 0 Å². The largest absolute Gasteiger partial charge is 0.380 e. The highest BCUT2D eigenvalue weighted by atomic mass is 16.5. The second-order valence-corrected chi connectivity index (χ2v) is 5.23. The Morgan fingerprint density at radius 3 is 2.82 bits per heavy atom. The van der Waals surface area contributed by atoms with E-state index in [2.05, 4.69) is 42.6 Å². The van der Waals surface area contributed by atoms with Gasteiger partial charge < -0.3 is 10.1 Å². The number of aryl methyl sites for hydroxylation is 1. The van der Waals surface area contributed by atoms with Crippen LogP contribution in [0.4, 0.5) is 0 Å². The molecule has 1 heterocycles. The Morgan fingerprint density at radius 1 is 1.29 bits per heavy atom. The topological polar surface area (TPSA) is 21.3 Å². The average molecular weight is 233 g/mol. The number of nitrogens with one attached hydrogen (secondary N) is 1. The Balaban J connectivity index is 1.66. The van der Waals surface area contributed by atoms with Crippen molar-refractivity contribution in [3.63, 3.8) is 0 Å². The van der Waals surface area contributed by atoms with Crippen molar-refractivity contribution < 1.29 is 4.74 Å². The summed E-state index contributed by atoms with van der Waals surface area (Å²) in [5, 5.41) is 3.64. The SMILES string of the molecule is CC1(NCCCc2ccccc2)CCCOC1. The Morgan fingerprint density at radius 2 is 2.12 bits per heavy atom. The molecule has 2 nitrogen and oxygen atoms in total. The van der Waals surface area contributed by atoms with Crippen LogP contribution in [-0.2, 0) is 11.2 Å². The van der Waals surface area contributed by atoms with Gasteiger partial charge in [0.2, 0.25) is 0 Å². The molecule has 1 aromatic carbocycles. The van der Waals surface area contributed by atoms with E-state index in [1.54, 1.807) is 0 Å². The lowest BCUT2D eigenvalue weighted by Crippen LogP contribution is -2.49. The molecule has 0 radical (unpaired) electrons. The van der Waals surface area contributed by atoms with Gasteiger partial charge in [-0.1, -0.05) is 30.3 Å². The van der Waals surface area contributed by atoms with Gasteiger partial charge in [-0.2, -0.15) is 0 Å². The predicted molar refractivity (Wildman–Crippen MR) is 71.2 cm³/mol. The maximum atomic E-state index is 5.54. The van der Waals surface area contributed by atoms with Crippen LogP contribution in [-0.4, -0.2) is 25.3 Å². The molecule has 0 amide bonds. The summed E-state index contributed by atoms with van der Waals surface area (Å²) in [4.78, 5) is 0. The van der Waals surface area contributed by atoms with Gasteiger partial charge in [-0.25, -0.2) is 0 Å². The molecule has 0 bridgehead atoms. The molecule has 0 saturated carbocycles. The van der Waals surface area contributed by atoms with Gasteiger partial charge in [0.25, 0.3) is 0 Å². The van der Waals surface area contributed by atoms with Crippen LogP contribution in [0, 0.1) is 0 Å². The molecule has 0 spiro atoms. The molecule has 1 fully saturated rings. The maximum Gasteiger partial charge on any atom is 0.0645 e. The van der Waals surface area contributed by atoms with Crippen LogP contribution in [0.1, 0.15) is 31.7 Å². The number of hydrogen-bond acceptors (Lipinski definition) is 2. The van der Waals surface area contributed by atoms with E-state index in [0.717, 1.165) is 26.2 Å². The zero-order valence-electron chi connectivity index (χ0n) is 10.7. The van der Waals surface area contributed by atoms with Crippen molar-refractivity contribution in [2.75, 3.05) is 19.8 Å². The van der Waals surface area contributed by atoms with Crippen LogP contribution < -0.4 is 5.32 Å².